The quantitative estimate of drug-likeness (QED) is 0.652. The first kappa shape index (κ1) is 12.1. The molecule has 4 nitrogen and oxygen atoms in total. The molecule has 0 heterocycles. The summed E-state index contributed by atoms with van der Waals surface area (Å²) >= 11 is 0. The molecule has 0 amide bonds. The maximum Gasteiger partial charge on any atom is 0.148 e. The van der Waals surface area contributed by atoms with Crippen LogP contribution in [0.2, 0.25) is 0 Å². The molecule has 0 saturated carbocycles. The van der Waals surface area contributed by atoms with E-state index < -0.39 is 0 Å². The fraction of sp³-hybridized carbons (Fsp3) is 0.143. The SMILES string of the molecule is COc1cc(N)c(C)cc1N=Nc1ccccc1. The Hall–Kier alpha value is -2.36. The van der Waals surface area contributed by atoms with Crippen LogP contribution in [0.1, 0.15) is 5.56 Å². The lowest BCUT2D eigenvalue weighted by Gasteiger charge is -2.07. The van der Waals surface area contributed by atoms with Crippen molar-refractivity contribution in [3.05, 3.63) is 48.0 Å². The van der Waals surface area contributed by atoms with Crippen molar-refractivity contribution < 1.29 is 4.74 Å². The lowest BCUT2D eigenvalue weighted by Crippen LogP contribution is -1.91. The number of benzene rings is 2. The molecule has 2 rings (SSSR count). The molecule has 0 aliphatic rings. The molecule has 0 aliphatic carbocycles. The van der Waals surface area contributed by atoms with Crippen molar-refractivity contribution in [2.45, 2.75) is 6.92 Å². The van der Waals surface area contributed by atoms with Crippen molar-refractivity contribution in [1.82, 2.24) is 0 Å². The highest BCUT2D eigenvalue weighted by Gasteiger charge is 2.05. The van der Waals surface area contributed by atoms with Crippen molar-refractivity contribution in [3.63, 3.8) is 0 Å². The molecule has 4 heteroatoms. The molecular formula is C14H15N3O. The third-order valence-electron chi connectivity index (χ3n) is 2.60. The van der Waals surface area contributed by atoms with E-state index in [0.717, 1.165) is 11.3 Å². The summed E-state index contributed by atoms with van der Waals surface area (Å²) in [4.78, 5) is 0. The second-order valence-corrected chi connectivity index (χ2v) is 3.92. The number of nitrogen functional groups attached to an aromatic ring is 1. The summed E-state index contributed by atoms with van der Waals surface area (Å²) in [5.74, 6) is 0.623. The van der Waals surface area contributed by atoms with Gasteiger partial charge in [-0.1, -0.05) is 18.2 Å². The molecule has 2 aromatic rings. The van der Waals surface area contributed by atoms with Crippen LogP contribution in [0.5, 0.6) is 5.75 Å². The summed E-state index contributed by atoms with van der Waals surface area (Å²) in [5.41, 5.74) is 8.94. The molecule has 18 heavy (non-hydrogen) atoms. The summed E-state index contributed by atoms with van der Waals surface area (Å²) in [6.45, 7) is 1.93. The second-order valence-electron chi connectivity index (χ2n) is 3.92. The zero-order valence-corrected chi connectivity index (χ0v) is 10.4. The number of hydrogen-bond acceptors (Lipinski definition) is 4. The summed E-state index contributed by atoms with van der Waals surface area (Å²) in [6, 6.07) is 13.2. The van der Waals surface area contributed by atoms with Crippen LogP contribution in [0.3, 0.4) is 0 Å². The van der Waals surface area contributed by atoms with Gasteiger partial charge in [0.15, 0.2) is 0 Å². The van der Waals surface area contributed by atoms with E-state index in [4.69, 9.17) is 10.5 Å². The Morgan fingerprint density at radius 2 is 1.78 bits per heavy atom. The van der Waals surface area contributed by atoms with Crippen LogP contribution in [-0.4, -0.2) is 7.11 Å². The normalized spacial score (nSPS) is 10.8. The summed E-state index contributed by atoms with van der Waals surface area (Å²) in [5, 5.41) is 8.35. The van der Waals surface area contributed by atoms with Crippen LogP contribution in [-0.2, 0) is 0 Å². The van der Waals surface area contributed by atoms with Gasteiger partial charge in [0.1, 0.15) is 11.4 Å². The van der Waals surface area contributed by atoms with Gasteiger partial charge in [-0.25, -0.2) is 0 Å². The minimum Gasteiger partial charge on any atom is -0.494 e. The smallest absolute Gasteiger partial charge is 0.148 e. The van der Waals surface area contributed by atoms with Gasteiger partial charge in [-0.15, -0.1) is 5.11 Å². The Bertz CT molecular complexity index is 565. The average Bonchev–Trinajstić information content (AvgIpc) is 2.41. The molecular weight excluding hydrogens is 226 g/mol. The fourth-order valence-electron chi connectivity index (χ4n) is 1.54. The number of rotatable bonds is 3. The summed E-state index contributed by atoms with van der Waals surface area (Å²) < 4.78 is 5.24. The monoisotopic (exact) mass is 241 g/mol. The lowest BCUT2D eigenvalue weighted by molar-refractivity contribution is 0.416. The molecule has 0 spiro atoms. The minimum atomic E-state index is 0.623. The third-order valence-corrected chi connectivity index (χ3v) is 2.60. The number of nitrogens with zero attached hydrogens (tertiary/aromatic N) is 2. The zero-order valence-electron chi connectivity index (χ0n) is 10.4. The molecule has 0 unspecified atom stereocenters. The Balaban J connectivity index is 2.34. The van der Waals surface area contributed by atoms with Crippen molar-refractivity contribution in [1.29, 1.82) is 0 Å². The Morgan fingerprint density at radius 3 is 2.44 bits per heavy atom. The van der Waals surface area contributed by atoms with Gasteiger partial charge in [0.05, 0.1) is 12.8 Å². The molecule has 0 aromatic heterocycles. The standard InChI is InChI=1S/C14H15N3O/c1-10-8-13(14(18-2)9-12(10)15)17-16-11-6-4-3-5-7-11/h3-9H,15H2,1-2H3. The highest BCUT2D eigenvalue weighted by Crippen LogP contribution is 2.33. The van der Waals surface area contributed by atoms with E-state index in [9.17, 15) is 0 Å². The fourth-order valence-corrected chi connectivity index (χ4v) is 1.54. The van der Waals surface area contributed by atoms with Gasteiger partial charge in [-0.2, -0.15) is 5.11 Å². The molecule has 0 radical (unpaired) electrons. The van der Waals surface area contributed by atoms with E-state index >= 15 is 0 Å². The molecule has 0 atom stereocenters. The predicted octanol–water partition coefficient (Wildman–Crippen LogP) is 4.00. The maximum atomic E-state index is 5.82. The molecule has 92 valence electrons. The number of ether oxygens (including phenoxy) is 1. The van der Waals surface area contributed by atoms with Crippen molar-refractivity contribution in [3.8, 4) is 5.75 Å². The van der Waals surface area contributed by atoms with E-state index in [1.54, 1.807) is 13.2 Å². The van der Waals surface area contributed by atoms with Gasteiger partial charge >= 0.3 is 0 Å². The first-order valence-corrected chi connectivity index (χ1v) is 5.61. The number of anilines is 1. The number of methoxy groups -OCH3 is 1. The summed E-state index contributed by atoms with van der Waals surface area (Å²) in [6.07, 6.45) is 0. The van der Waals surface area contributed by atoms with Gasteiger partial charge in [0.25, 0.3) is 0 Å². The topological polar surface area (TPSA) is 60.0 Å². The highest BCUT2D eigenvalue weighted by molar-refractivity contribution is 5.63. The van der Waals surface area contributed by atoms with E-state index in [1.807, 2.05) is 43.3 Å². The first-order chi connectivity index (χ1) is 8.70. The Morgan fingerprint density at radius 1 is 1.06 bits per heavy atom. The second kappa shape index (κ2) is 5.31. The average molecular weight is 241 g/mol. The van der Waals surface area contributed by atoms with Crippen LogP contribution in [0, 0.1) is 6.92 Å². The van der Waals surface area contributed by atoms with Gasteiger partial charge in [0, 0.05) is 11.8 Å². The van der Waals surface area contributed by atoms with Crippen molar-refractivity contribution >= 4 is 17.1 Å². The van der Waals surface area contributed by atoms with Gasteiger partial charge in [-0.05, 0) is 30.7 Å². The van der Waals surface area contributed by atoms with Crippen LogP contribution in [0.15, 0.2) is 52.7 Å². The maximum absolute atomic E-state index is 5.82. The molecule has 0 bridgehead atoms. The zero-order chi connectivity index (χ0) is 13.0. The van der Waals surface area contributed by atoms with Crippen LogP contribution in [0.25, 0.3) is 0 Å². The lowest BCUT2D eigenvalue weighted by atomic mass is 10.1. The minimum absolute atomic E-state index is 0.623. The van der Waals surface area contributed by atoms with Crippen molar-refractivity contribution in [2.75, 3.05) is 12.8 Å². The number of aryl methyl sites for hydroxylation is 1. The van der Waals surface area contributed by atoms with Crippen LogP contribution < -0.4 is 10.5 Å². The molecule has 0 saturated heterocycles. The predicted molar refractivity (Wildman–Crippen MR) is 72.8 cm³/mol. The molecule has 2 aromatic carbocycles. The number of hydrogen-bond donors (Lipinski definition) is 1. The van der Waals surface area contributed by atoms with E-state index in [1.165, 1.54) is 0 Å². The Labute approximate surface area is 106 Å². The molecule has 0 fully saturated rings. The van der Waals surface area contributed by atoms with Gasteiger partial charge in [0.2, 0.25) is 0 Å². The number of azo groups is 1. The van der Waals surface area contributed by atoms with Gasteiger partial charge in [-0.3, -0.25) is 0 Å². The molecule has 2 N–H and O–H groups in total. The van der Waals surface area contributed by atoms with Gasteiger partial charge < -0.3 is 10.5 Å². The van der Waals surface area contributed by atoms with Crippen LogP contribution in [0.4, 0.5) is 17.1 Å². The molecule has 0 aliphatic heterocycles. The van der Waals surface area contributed by atoms with Crippen molar-refractivity contribution in [2.24, 2.45) is 10.2 Å². The Kier molecular flexibility index (Phi) is 3.57. The van der Waals surface area contributed by atoms with Crippen LogP contribution >= 0.6 is 0 Å². The van der Waals surface area contributed by atoms with E-state index in [-0.39, 0.29) is 0 Å². The van der Waals surface area contributed by atoms with E-state index in [0.29, 0.717) is 17.1 Å². The highest BCUT2D eigenvalue weighted by atomic mass is 16.5. The largest absolute Gasteiger partial charge is 0.494 e. The number of nitrogens with two attached hydrogens (primary N) is 1. The first-order valence-electron chi connectivity index (χ1n) is 5.61. The third kappa shape index (κ3) is 2.66. The summed E-state index contributed by atoms with van der Waals surface area (Å²) in [7, 11) is 1.59. The van der Waals surface area contributed by atoms with E-state index in [2.05, 4.69) is 10.2 Å².